The van der Waals surface area contributed by atoms with Gasteiger partial charge in [0.15, 0.2) is 0 Å². The van der Waals surface area contributed by atoms with Gasteiger partial charge < -0.3 is 14.9 Å². The van der Waals surface area contributed by atoms with E-state index in [0.717, 1.165) is 0 Å². The zero-order valence-corrected chi connectivity index (χ0v) is 15.5. The molecule has 0 aromatic heterocycles. The van der Waals surface area contributed by atoms with E-state index < -0.39 is 0 Å². The number of aromatic hydroxyl groups is 2. The van der Waals surface area contributed by atoms with Crippen LogP contribution in [0.1, 0.15) is 25.3 Å². The molecule has 0 radical (unpaired) electrons. The van der Waals surface area contributed by atoms with Crippen molar-refractivity contribution in [2.45, 2.75) is 19.8 Å². The summed E-state index contributed by atoms with van der Waals surface area (Å²) in [4.78, 5) is 11.8. The number of carbonyl (C=O) groups excluding carboxylic acids is 1. The second-order valence-corrected chi connectivity index (χ2v) is 6.30. The molecule has 0 heterocycles. The van der Waals surface area contributed by atoms with Crippen molar-refractivity contribution in [2.75, 3.05) is 6.61 Å². The molecule has 138 valence electrons. The standard InChI is InChI=1S/C18H18Cl2N2O4/c1-11(14-6-5-13(23)10-16(14)24)21-22-18(25)3-2-8-26-17-7-4-12(19)9-15(17)20/h4-7,9-10,23-24H,2-3,8H2,1H3,(H,22,25). The van der Waals surface area contributed by atoms with Gasteiger partial charge in [0.1, 0.15) is 17.2 Å². The van der Waals surface area contributed by atoms with Crippen LogP contribution in [0.15, 0.2) is 41.5 Å². The summed E-state index contributed by atoms with van der Waals surface area (Å²) in [6, 6.07) is 9.07. The molecule has 0 aliphatic heterocycles. The smallest absolute Gasteiger partial charge is 0.240 e. The first-order valence-electron chi connectivity index (χ1n) is 7.80. The first kappa shape index (κ1) is 19.9. The molecule has 0 aliphatic carbocycles. The van der Waals surface area contributed by atoms with Gasteiger partial charge in [-0.3, -0.25) is 4.79 Å². The molecule has 0 aliphatic rings. The third kappa shape index (κ3) is 5.82. The van der Waals surface area contributed by atoms with E-state index in [1.165, 1.54) is 18.2 Å². The molecule has 0 atom stereocenters. The number of hydrazone groups is 1. The fourth-order valence-electron chi connectivity index (χ4n) is 2.10. The minimum atomic E-state index is -0.284. The van der Waals surface area contributed by atoms with Crippen molar-refractivity contribution >= 4 is 34.8 Å². The second kappa shape index (κ2) is 9.31. The van der Waals surface area contributed by atoms with Gasteiger partial charge in [-0.15, -0.1) is 0 Å². The molecule has 0 saturated heterocycles. The summed E-state index contributed by atoms with van der Waals surface area (Å²) < 4.78 is 5.50. The Morgan fingerprint density at radius 3 is 2.65 bits per heavy atom. The molecule has 0 fully saturated rings. The SMILES string of the molecule is CC(=NNC(=O)CCCOc1ccc(Cl)cc1Cl)c1ccc(O)cc1O. The molecule has 3 N–H and O–H groups in total. The Balaban J connectivity index is 1.78. The van der Waals surface area contributed by atoms with Crippen LogP contribution in [0.2, 0.25) is 10.0 Å². The van der Waals surface area contributed by atoms with Gasteiger partial charge in [-0.2, -0.15) is 5.10 Å². The van der Waals surface area contributed by atoms with E-state index >= 15 is 0 Å². The number of halogens is 2. The molecular formula is C18H18Cl2N2O4. The van der Waals surface area contributed by atoms with E-state index in [0.29, 0.717) is 40.1 Å². The monoisotopic (exact) mass is 396 g/mol. The van der Waals surface area contributed by atoms with Gasteiger partial charge in [-0.05, 0) is 43.7 Å². The summed E-state index contributed by atoms with van der Waals surface area (Å²) in [7, 11) is 0. The van der Waals surface area contributed by atoms with Crippen LogP contribution in [0.5, 0.6) is 17.2 Å². The van der Waals surface area contributed by atoms with Gasteiger partial charge in [-0.25, -0.2) is 5.43 Å². The number of hydrogen-bond donors (Lipinski definition) is 3. The number of benzene rings is 2. The lowest BCUT2D eigenvalue weighted by Crippen LogP contribution is -2.19. The van der Waals surface area contributed by atoms with Crippen molar-refractivity contribution in [2.24, 2.45) is 5.10 Å². The molecule has 0 spiro atoms. The molecular weight excluding hydrogens is 379 g/mol. The summed E-state index contributed by atoms with van der Waals surface area (Å²) in [5.41, 5.74) is 3.25. The molecule has 0 unspecified atom stereocenters. The maximum atomic E-state index is 11.8. The highest BCUT2D eigenvalue weighted by Gasteiger charge is 2.07. The molecule has 2 aromatic carbocycles. The molecule has 2 aromatic rings. The van der Waals surface area contributed by atoms with E-state index in [4.69, 9.17) is 27.9 Å². The lowest BCUT2D eigenvalue weighted by molar-refractivity contribution is -0.121. The van der Waals surface area contributed by atoms with Gasteiger partial charge in [0, 0.05) is 23.1 Å². The van der Waals surface area contributed by atoms with E-state index in [2.05, 4.69) is 10.5 Å². The van der Waals surface area contributed by atoms with E-state index in [-0.39, 0.29) is 23.8 Å². The van der Waals surface area contributed by atoms with E-state index in [1.807, 2.05) is 0 Å². The number of carbonyl (C=O) groups is 1. The van der Waals surface area contributed by atoms with Gasteiger partial charge in [0.05, 0.1) is 17.3 Å². The van der Waals surface area contributed by atoms with Crippen molar-refractivity contribution < 1.29 is 19.7 Å². The third-order valence-corrected chi connectivity index (χ3v) is 3.95. The Bertz CT molecular complexity index is 825. The third-order valence-electron chi connectivity index (χ3n) is 3.42. The number of hydrogen-bond acceptors (Lipinski definition) is 5. The van der Waals surface area contributed by atoms with Crippen molar-refractivity contribution in [1.29, 1.82) is 0 Å². The molecule has 0 bridgehead atoms. The first-order valence-corrected chi connectivity index (χ1v) is 8.55. The fourth-order valence-corrected chi connectivity index (χ4v) is 2.56. The number of ether oxygens (including phenoxy) is 1. The maximum absolute atomic E-state index is 11.8. The van der Waals surface area contributed by atoms with Crippen LogP contribution < -0.4 is 10.2 Å². The minimum Gasteiger partial charge on any atom is -0.508 e. The summed E-state index contributed by atoms with van der Waals surface area (Å²) >= 11 is 11.8. The lowest BCUT2D eigenvalue weighted by atomic mass is 10.1. The number of nitrogens with one attached hydrogen (secondary N) is 1. The summed E-state index contributed by atoms with van der Waals surface area (Å²) in [6.45, 7) is 1.95. The van der Waals surface area contributed by atoms with Crippen LogP contribution in [0, 0.1) is 0 Å². The Kier molecular flexibility index (Phi) is 7.12. The molecule has 1 amide bonds. The normalized spacial score (nSPS) is 11.3. The topological polar surface area (TPSA) is 91.2 Å². The fraction of sp³-hybridized carbons (Fsp3) is 0.222. The van der Waals surface area contributed by atoms with Crippen LogP contribution in [0.3, 0.4) is 0 Å². The van der Waals surface area contributed by atoms with Crippen LogP contribution in [0.4, 0.5) is 0 Å². The highest BCUT2D eigenvalue weighted by atomic mass is 35.5. The summed E-state index contributed by atoms with van der Waals surface area (Å²) in [5, 5.41) is 23.9. The number of phenols is 2. The highest BCUT2D eigenvalue weighted by molar-refractivity contribution is 6.35. The zero-order valence-electron chi connectivity index (χ0n) is 14.0. The minimum absolute atomic E-state index is 0.0520. The quantitative estimate of drug-likeness (QED) is 0.373. The van der Waals surface area contributed by atoms with Crippen molar-refractivity contribution in [3.8, 4) is 17.2 Å². The first-order chi connectivity index (χ1) is 12.4. The number of nitrogens with zero attached hydrogens (tertiary/aromatic N) is 1. The number of phenolic OH excluding ortho intramolecular Hbond substituents is 2. The Morgan fingerprint density at radius 2 is 1.96 bits per heavy atom. The highest BCUT2D eigenvalue weighted by Crippen LogP contribution is 2.27. The van der Waals surface area contributed by atoms with Crippen molar-refractivity contribution in [1.82, 2.24) is 5.43 Å². The molecule has 2 rings (SSSR count). The van der Waals surface area contributed by atoms with E-state index in [1.54, 1.807) is 25.1 Å². The van der Waals surface area contributed by atoms with Crippen molar-refractivity contribution in [3.63, 3.8) is 0 Å². The summed E-state index contributed by atoms with van der Waals surface area (Å²) in [5.74, 6) is 0.0548. The molecule has 26 heavy (non-hydrogen) atoms. The number of rotatable bonds is 7. The van der Waals surface area contributed by atoms with E-state index in [9.17, 15) is 15.0 Å². The van der Waals surface area contributed by atoms with Crippen LogP contribution in [-0.4, -0.2) is 28.4 Å². The Morgan fingerprint density at radius 1 is 1.19 bits per heavy atom. The maximum Gasteiger partial charge on any atom is 0.240 e. The predicted octanol–water partition coefficient (Wildman–Crippen LogP) is 4.10. The van der Waals surface area contributed by atoms with Gasteiger partial charge in [-0.1, -0.05) is 23.2 Å². The summed E-state index contributed by atoms with van der Waals surface area (Å²) in [6.07, 6.45) is 0.688. The molecule has 0 saturated carbocycles. The second-order valence-electron chi connectivity index (χ2n) is 5.46. The van der Waals surface area contributed by atoms with Gasteiger partial charge >= 0.3 is 0 Å². The average molecular weight is 397 g/mol. The Hall–Kier alpha value is -2.44. The lowest BCUT2D eigenvalue weighted by Gasteiger charge is -2.08. The van der Waals surface area contributed by atoms with Crippen LogP contribution in [0.25, 0.3) is 0 Å². The number of amides is 1. The largest absolute Gasteiger partial charge is 0.508 e. The van der Waals surface area contributed by atoms with Gasteiger partial charge in [0.25, 0.3) is 0 Å². The zero-order chi connectivity index (χ0) is 19.1. The van der Waals surface area contributed by atoms with Crippen LogP contribution in [-0.2, 0) is 4.79 Å². The Labute approximate surface area is 161 Å². The van der Waals surface area contributed by atoms with Crippen LogP contribution >= 0.6 is 23.2 Å². The molecule has 8 heteroatoms. The predicted molar refractivity (Wildman–Crippen MR) is 101 cm³/mol. The van der Waals surface area contributed by atoms with Gasteiger partial charge in [0.2, 0.25) is 5.91 Å². The average Bonchev–Trinajstić information content (AvgIpc) is 2.58. The van der Waals surface area contributed by atoms with Crippen molar-refractivity contribution in [3.05, 3.63) is 52.0 Å². The molecule has 6 nitrogen and oxygen atoms in total.